The summed E-state index contributed by atoms with van der Waals surface area (Å²) in [7, 11) is 1.64. The van der Waals surface area contributed by atoms with Gasteiger partial charge in [0, 0.05) is 12.7 Å². The molecule has 17 heavy (non-hydrogen) atoms. The van der Waals surface area contributed by atoms with E-state index in [1.54, 1.807) is 7.11 Å². The number of hydrogen-bond donors (Lipinski definition) is 1. The van der Waals surface area contributed by atoms with E-state index in [0.29, 0.717) is 13.2 Å². The Hall–Kier alpha value is -1.06. The SMILES string of the molecule is COCCOc1ccccc1C(C)(O)C(C)C. The van der Waals surface area contributed by atoms with E-state index in [4.69, 9.17) is 9.47 Å². The molecular weight excluding hydrogens is 216 g/mol. The molecule has 0 aliphatic heterocycles. The normalized spacial score (nSPS) is 14.7. The number of hydrogen-bond acceptors (Lipinski definition) is 3. The highest BCUT2D eigenvalue weighted by Crippen LogP contribution is 2.35. The first kappa shape index (κ1) is 14.0. The van der Waals surface area contributed by atoms with Crippen LogP contribution in [0.15, 0.2) is 24.3 Å². The van der Waals surface area contributed by atoms with Gasteiger partial charge in [0.15, 0.2) is 0 Å². The fourth-order valence-electron chi connectivity index (χ4n) is 1.56. The maximum Gasteiger partial charge on any atom is 0.125 e. The molecule has 0 fully saturated rings. The van der Waals surface area contributed by atoms with Gasteiger partial charge in [-0.3, -0.25) is 0 Å². The smallest absolute Gasteiger partial charge is 0.125 e. The number of methoxy groups -OCH3 is 1. The van der Waals surface area contributed by atoms with Crippen LogP contribution in [0.1, 0.15) is 26.3 Å². The van der Waals surface area contributed by atoms with Crippen LogP contribution in [0.4, 0.5) is 0 Å². The second-order valence-corrected chi connectivity index (χ2v) is 4.64. The van der Waals surface area contributed by atoms with Gasteiger partial charge in [0.25, 0.3) is 0 Å². The lowest BCUT2D eigenvalue weighted by Crippen LogP contribution is -2.28. The van der Waals surface area contributed by atoms with Gasteiger partial charge < -0.3 is 14.6 Å². The predicted molar refractivity (Wildman–Crippen MR) is 68.2 cm³/mol. The van der Waals surface area contributed by atoms with Gasteiger partial charge in [0.05, 0.1) is 12.2 Å². The lowest BCUT2D eigenvalue weighted by Gasteiger charge is -2.30. The summed E-state index contributed by atoms with van der Waals surface area (Å²) in [5, 5.41) is 10.5. The summed E-state index contributed by atoms with van der Waals surface area (Å²) in [6, 6.07) is 7.60. The van der Waals surface area contributed by atoms with E-state index in [1.165, 1.54) is 0 Å². The second-order valence-electron chi connectivity index (χ2n) is 4.64. The molecule has 0 spiro atoms. The van der Waals surface area contributed by atoms with Crippen LogP contribution in [0.25, 0.3) is 0 Å². The van der Waals surface area contributed by atoms with Gasteiger partial charge in [0.1, 0.15) is 12.4 Å². The van der Waals surface area contributed by atoms with Gasteiger partial charge in [-0.25, -0.2) is 0 Å². The van der Waals surface area contributed by atoms with Crippen LogP contribution in [-0.4, -0.2) is 25.4 Å². The van der Waals surface area contributed by atoms with Crippen molar-refractivity contribution in [1.29, 1.82) is 0 Å². The lowest BCUT2D eigenvalue weighted by molar-refractivity contribution is 0.00591. The maximum absolute atomic E-state index is 10.5. The van der Waals surface area contributed by atoms with Crippen LogP contribution in [0.3, 0.4) is 0 Å². The Morgan fingerprint density at radius 3 is 2.47 bits per heavy atom. The Labute approximate surface area is 103 Å². The van der Waals surface area contributed by atoms with Crippen molar-refractivity contribution in [3.05, 3.63) is 29.8 Å². The minimum absolute atomic E-state index is 0.120. The molecule has 1 atom stereocenters. The third-order valence-corrected chi connectivity index (χ3v) is 3.10. The zero-order chi connectivity index (χ0) is 12.9. The number of aliphatic hydroxyl groups is 1. The zero-order valence-corrected chi connectivity index (χ0v) is 11.1. The minimum atomic E-state index is -0.885. The van der Waals surface area contributed by atoms with Crippen molar-refractivity contribution < 1.29 is 14.6 Å². The van der Waals surface area contributed by atoms with Gasteiger partial charge in [-0.05, 0) is 18.9 Å². The van der Waals surface area contributed by atoms with Gasteiger partial charge in [-0.2, -0.15) is 0 Å². The Morgan fingerprint density at radius 1 is 1.24 bits per heavy atom. The quantitative estimate of drug-likeness (QED) is 0.774. The molecule has 1 rings (SSSR count). The average Bonchev–Trinajstić information content (AvgIpc) is 2.29. The molecule has 3 heteroatoms. The lowest BCUT2D eigenvalue weighted by atomic mass is 9.85. The molecule has 1 unspecified atom stereocenters. The molecule has 0 saturated carbocycles. The summed E-state index contributed by atoms with van der Waals surface area (Å²) in [4.78, 5) is 0. The van der Waals surface area contributed by atoms with Crippen LogP contribution in [-0.2, 0) is 10.3 Å². The van der Waals surface area contributed by atoms with Gasteiger partial charge in [-0.1, -0.05) is 32.0 Å². The molecule has 3 nitrogen and oxygen atoms in total. The largest absolute Gasteiger partial charge is 0.491 e. The van der Waals surface area contributed by atoms with E-state index in [9.17, 15) is 5.11 Å². The van der Waals surface area contributed by atoms with E-state index in [1.807, 2.05) is 45.0 Å². The van der Waals surface area contributed by atoms with Gasteiger partial charge in [0.2, 0.25) is 0 Å². The fraction of sp³-hybridized carbons (Fsp3) is 0.571. The topological polar surface area (TPSA) is 38.7 Å². The molecule has 0 saturated heterocycles. The maximum atomic E-state index is 10.5. The summed E-state index contributed by atoms with van der Waals surface area (Å²) < 4.78 is 10.6. The molecule has 0 radical (unpaired) electrons. The Bertz CT molecular complexity index is 345. The molecule has 0 amide bonds. The third kappa shape index (κ3) is 3.45. The highest BCUT2D eigenvalue weighted by Gasteiger charge is 2.30. The van der Waals surface area contributed by atoms with E-state index in [-0.39, 0.29) is 5.92 Å². The van der Waals surface area contributed by atoms with Crippen molar-refractivity contribution in [3.63, 3.8) is 0 Å². The predicted octanol–water partition coefficient (Wildman–Crippen LogP) is 2.58. The monoisotopic (exact) mass is 238 g/mol. The van der Waals surface area contributed by atoms with Crippen LogP contribution in [0.2, 0.25) is 0 Å². The molecule has 0 aliphatic carbocycles. The Balaban J connectivity index is 2.91. The number of para-hydroxylation sites is 1. The number of rotatable bonds is 6. The first-order valence-electron chi connectivity index (χ1n) is 5.93. The minimum Gasteiger partial charge on any atom is -0.491 e. The molecule has 0 aromatic heterocycles. The van der Waals surface area contributed by atoms with Gasteiger partial charge in [-0.15, -0.1) is 0 Å². The summed E-state index contributed by atoms with van der Waals surface area (Å²) in [6.07, 6.45) is 0. The van der Waals surface area contributed by atoms with E-state index < -0.39 is 5.60 Å². The summed E-state index contributed by atoms with van der Waals surface area (Å²) >= 11 is 0. The van der Waals surface area contributed by atoms with Crippen molar-refractivity contribution >= 4 is 0 Å². The summed E-state index contributed by atoms with van der Waals surface area (Å²) in [5.74, 6) is 0.845. The molecule has 0 aliphatic rings. The van der Waals surface area contributed by atoms with Crippen LogP contribution >= 0.6 is 0 Å². The van der Waals surface area contributed by atoms with Crippen molar-refractivity contribution in [1.82, 2.24) is 0 Å². The van der Waals surface area contributed by atoms with Gasteiger partial charge >= 0.3 is 0 Å². The summed E-state index contributed by atoms with van der Waals surface area (Å²) in [6.45, 7) is 6.83. The molecular formula is C14H22O3. The Morgan fingerprint density at radius 2 is 1.88 bits per heavy atom. The van der Waals surface area contributed by atoms with Crippen LogP contribution in [0, 0.1) is 5.92 Å². The first-order valence-corrected chi connectivity index (χ1v) is 5.93. The van der Waals surface area contributed by atoms with Crippen molar-refractivity contribution in [2.75, 3.05) is 20.3 Å². The van der Waals surface area contributed by atoms with Crippen molar-refractivity contribution in [3.8, 4) is 5.75 Å². The number of ether oxygens (including phenoxy) is 2. The summed E-state index contributed by atoms with van der Waals surface area (Å²) in [5.41, 5.74) is -0.0602. The highest BCUT2D eigenvalue weighted by molar-refractivity contribution is 5.37. The molecule has 96 valence electrons. The van der Waals surface area contributed by atoms with Crippen LogP contribution in [0.5, 0.6) is 5.75 Å². The standard InChI is InChI=1S/C14H22O3/c1-11(2)14(3,15)12-7-5-6-8-13(12)17-10-9-16-4/h5-8,11,15H,9-10H2,1-4H3. The molecule has 1 aromatic rings. The van der Waals surface area contributed by atoms with Crippen LogP contribution < -0.4 is 4.74 Å². The van der Waals surface area contributed by atoms with E-state index >= 15 is 0 Å². The Kier molecular flexibility index (Phi) is 4.97. The average molecular weight is 238 g/mol. The van der Waals surface area contributed by atoms with Crippen molar-refractivity contribution in [2.24, 2.45) is 5.92 Å². The second kappa shape index (κ2) is 6.03. The number of benzene rings is 1. The fourth-order valence-corrected chi connectivity index (χ4v) is 1.56. The zero-order valence-electron chi connectivity index (χ0n) is 11.1. The van der Waals surface area contributed by atoms with E-state index in [0.717, 1.165) is 11.3 Å². The third-order valence-electron chi connectivity index (χ3n) is 3.10. The molecule has 1 N–H and O–H groups in total. The highest BCUT2D eigenvalue weighted by atomic mass is 16.5. The first-order chi connectivity index (χ1) is 8.00. The van der Waals surface area contributed by atoms with Crippen molar-refractivity contribution in [2.45, 2.75) is 26.4 Å². The molecule has 0 bridgehead atoms. The molecule has 0 heterocycles. The van der Waals surface area contributed by atoms with E-state index in [2.05, 4.69) is 0 Å². The molecule has 1 aromatic carbocycles.